The molecule has 0 unspecified atom stereocenters. The van der Waals surface area contributed by atoms with Gasteiger partial charge >= 0.3 is 5.97 Å². The number of nitrogens with zero attached hydrogens (tertiary/aromatic N) is 1. The standard InChI is InChI=1S/C19H22N2O3/c1-5-24-19(23)14-6-9-16(10-7-14)20-18(22)15-8-11-17(21(3)4)13(2)12-15/h6-12H,5H2,1-4H3,(H,20,22). The Labute approximate surface area is 142 Å². The minimum Gasteiger partial charge on any atom is -0.462 e. The van der Waals surface area contributed by atoms with Crippen LogP contribution in [-0.2, 0) is 4.74 Å². The molecule has 0 atom stereocenters. The van der Waals surface area contributed by atoms with Gasteiger partial charge in [-0.1, -0.05) is 0 Å². The van der Waals surface area contributed by atoms with Crippen molar-refractivity contribution in [3.8, 4) is 0 Å². The lowest BCUT2D eigenvalue weighted by molar-refractivity contribution is 0.0526. The zero-order valence-electron chi connectivity index (χ0n) is 14.4. The lowest BCUT2D eigenvalue weighted by atomic mass is 10.1. The summed E-state index contributed by atoms with van der Waals surface area (Å²) in [6.45, 7) is 4.07. The second-order valence-corrected chi connectivity index (χ2v) is 5.65. The van der Waals surface area contributed by atoms with E-state index in [0.29, 0.717) is 23.4 Å². The molecule has 2 rings (SSSR count). The molecule has 0 aliphatic carbocycles. The van der Waals surface area contributed by atoms with E-state index in [4.69, 9.17) is 4.74 Å². The molecular formula is C19H22N2O3. The van der Waals surface area contributed by atoms with Gasteiger partial charge in [-0.3, -0.25) is 4.79 Å². The average Bonchev–Trinajstić information content (AvgIpc) is 2.55. The second kappa shape index (κ2) is 7.64. The Morgan fingerprint density at radius 1 is 1.04 bits per heavy atom. The first-order chi connectivity index (χ1) is 11.4. The molecule has 0 spiro atoms. The lowest BCUT2D eigenvalue weighted by Crippen LogP contribution is -2.14. The highest BCUT2D eigenvalue weighted by Crippen LogP contribution is 2.20. The van der Waals surface area contributed by atoms with E-state index in [1.807, 2.05) is 38.1 Å². The summed E-state index contributed by atoms with van der Waals surface area (Å²) in [5.41, 5.74) is 3.78. The van der Waals surface area contributed by atoms with Crippen LogP contribution in [0.5, 0.6) is 0 Å². The smallest absolute Gasteiger partial charge is 0.338 e. The molecule has 0 radical (unpaired) electrons. The summed E-state index contributed by atoms with van der Waals surface area (Å²) in [5.74, 6) is -0.558. The van der Waals surface area contributed by atoms with Gasteiger partial charge in [0.2, 0.25) is 0 Å². The Morgan fingerprint density at radius 3 is 2.21 bits per heavy atom. The summed E-state index contributed by atoms with van der Waals surface area (Å²) in [7, 11) is 3.93. The molecule has 2 aromatic carbocycles. The number of esters is 1. The van der Waals surface area contributed by atoms with Crippen LogP contribution in [0.4, 0.5) is 11.4 Å². The van der Waals surface area contributed by atoms with Gasteiger partial charge in [-0.25, -0.2) is 4.79 Å². The fourth-order valence-electron chi connectivity index (χ4n) is 2.41. The minimum atomic E-state index is -0.370. The topological polar surface area (TPSA) is 58.6 Å². The first-order valence-electron chi connectivity index (χ1n) is 7.79. The molecule has 0 saturated carbocycles. The van der Waals surface area contributed by atoms with Gasteiger partial charge in [-0.05, 0) is 61.9 Å². The quantitative estimate of drug-likeness (QED) is 0.855. The van der Waals surface area contributed by atoms with Crippen LogP contribution in [0.1, 0.15) is 33.2 Å². The van der Waals surface area contributed by atoms with Gasteiger partial charge in [0, 0.05) is 31.0 Å². The van der Waals surface area contributed by atoms with Crippen LogP contribution in [0.25, 0.3) is 0 Å². The van der Waals surface area contributed by atoms with E-state index in [0.717, 1.165) is 11.3 Å². The highest BCUT2D eigenvalue weighted by atomic mass is 16.5. The van der Waals surface area contributed by atoms with E-state index in [1.165, 1.54) is 0 Å². The summed E-state index contributed by atoms with van der Waals surface area (Å²) in [6.07, 6.45) is 0. The highest BCUT2D eigenvalue weighted by molar-refractivity contribution is 6.04. The molecular weight excluding hydrogens is 304 g/mol. The molecule has 0 aliphatic rings. The third-order valence-electron chi connectivity index (χ3n) is 3.59. The minimum absolute atomic E-state index is 0.188. The average molecular weight is 326 g/mol. The van der Waals surface area contributed by atoms with Crippen LogP contribution in [0.2, 0.25) is 0 Å². The summed E-state index contributed by atoms with van der Waals surface area (Å²) in [5, 5.41) is 2.83. The Kier molecular flexibility index (Phi) is 5.58. The van der Waals surface area contributed by atoms with Gasteiger partial charge in [0.05, 0.1) is 12.2 Å². The predicted octanol–water partition coefficient (Wildman–Crippen LogP) is 3.49. The fourth-order valence-corrected chi connectivity index (χ4v) is 2.41. The summed E-state index contributed by atoms with van der Waals surface area (Å²) in [4.78, 5) is 26.0. The molecule has 0 heterocycles. The van der Waals surface area contributed by atoms with Crippen LogP contribution < -0.4 is 10.2 Å². The first-order valence-corrected chi connectivity index (χ1v) is 7.79. The zero-order valence-corrected chi connectivity index (χ0v) is 14.4. The Balaban J connectivity index is 2.09. The van der Waals surface area contributed by atoms with E-state index in [-0.39, 0.29) is 11.9 Å². The van der Waals surface area contributed by atoms with Gasteiger partial charge in [0.25, 0.3) is 5.91 Å². The van der Waals surface area contributed by atoms with Crippen LogP contribution in [-0.4, -0.2) is 32.6 Å². The molecule has 5 heteroatoms. The molecule has 1 N–H and O–H groups in total. The predicted molar refractivity (Wildman–Crippen MR) is 95.9 cm³/mol. The van der Waals surface area contributed by atoms with Crippen molar-refractivity contribution in [2.45, 2.75) is 13.8 Å². The fraction of sp³-hybridized carbons (Fsp3) is 0.263. The monoisotopic (exact) mass is 326 g/mol. The number of hydrogen-bond acceptors (Lipinski definition) is 4. The third kappa shape index (κ3) is 4.13. The van der Waals surface area contributed by atoms with E-state index in [9.17, 15) is 9.59 Å². The molecule has 0 fully saturated rings. The van der Waals surface area contributed by atoms with Crippen LogP contribution in [0, 0.1) is 6.92 Å². The van der Waals surface area contributed by atoms with Crippen molar-refractivity contribution in [3.05, 3.63) is 59.2 Å². The van der Waals surface area contributed by atoms with Crippen molar-refractivity contribution in [2.75, 3.05) is 30.9 Å². The van der Waals surface area contributed by atoms with E-state index in [2.05, 4.69) is 5.32 Å². The van der Waals surface area contributed by atoms with Crippen molar-refractivity contribution in [1.82, 2.24) is 0 Å². The number of nitrogens with one attached hydrogen (secondary N) is 1. The highest BCUT2D eigenvalue weighted by Gasteiger charge is 2.10. The maximum absolute atomic E-state index is 12.4. The van der Waals surface area contributed by atoms with Crippen LogP contribution in [0.3, 0.4) is 0 Å². The number of amides is 1. The van der Waals surface area contributed by atoms with Crippen LogP contribution in [0.15, 0.2) is 42.5 Å². The van der Waals surface area contributed by atoms with E-state index in [1.54, 1.807) is 37.3 Å². The number of benzene rings is 2. The second-order valence-electron chi connectivity index (χ2n) is 5.65. The van der Waals surface area contributed by atoms with Crippen molar-refractivity contribution in [2.24, 2.45) is 0 Å². The van der Waals surface area contributed by atoms with Gasteiger partial charge in [0.15, 0.2) is 0 Å². The van der Waals surface area contributed by atoms with E-state index < -0.39 is 0 Å². The van der Waals surface area contributed by atoms with Gasteiger partial charge in [-0.2, -0.15) is 0 Å². The number of carbonyl (C=O) groups excluding carboxylic acids is 2. The Hall–Kier alpha value is -2.82. The molecule has 0 bridgehead atoms. The summed E-state index contributed by atoms with van der Waals surface area (Å²) in [6, 6.07) is 12.2. The Morgan fingerprint density at radius 2 is 1.67 bits per heavy atom. The normalized spacial score (nSPS) is 10.2. The maximum Gasteiger partial charge on any atom is 0.338 e. The lowest BCUT2D eigenvalue weighted by Gasteiger charge is -2.16. The zero-order chi connectivity index (χ0) is 17.7. The summed E-state index contributed by atoms with van der Waals surface area (Å²) >= 11 is 0. The molecule has 0 aliphatic heterocycles. The number of rotatable bonds is 5. The van der Waals surface area contributed by atoms with Crippen molar-refractivity contribution < 1.29 is 14.3 Å². The Bertz CT molecular complexity index is 737. The number of anilines is 2. The maximum atomic E-state index is 12.4. The first kappa shape index (κ1) is 17.5. The van der Waals surface area contributed by atoms with Crippen molar-refractivity contribution in [3.63, 3.8) is 0 Å². The molecule has 0 aromatic heterocycles. The van der Waals surface area contributed by atoms with E-state index >= 15 is 0 Å². The number of carbonyl (C=O) groups is 2. The molecule has 126 valence electrons. The summed E-state index contributed by atoms with van der Waals surface area (Å²) < 4.78 is 4.93. The number of aryl methyl sites for hydroxylation is 1. The van der Waals surface area contributed by atoms with Crippen LogP contribution >= 0.6 is 0 Å². The molecule has 0 saturated heterocycles. The van der Waals surface area contributed by atoms with Crippen molar-refractivity contribution in [1.29, 1.82) is 0 Å². The molecule has 5 nitrogen and oxygen atoms in total. The largest absolute Gasteiger partial charge is 0.462 e. The number of hydrogen-bond donors (Lipinski definition) is 1. The SMILES string of the molecule is CCOC(=O)c1ccc(NC(=O)c2ccc(N(C)C)c(C)c2)cc1. The third-order valence-corrected chi connectivity index (χ3v) is 3.59. The van der Waals surface area contributed by atoms with Crippen molar-refractivity contribution >= 4 is 23.3 Å². The molecule has 2 aromatic rings. The molecule has 24 heavy (non-hydrogen) atoms. The van der Waals surface area contributed by atoms with Gasteiger partial charge < -0.3 is 15.0 Å². The van der Waals surface area contributed by atoms with Gasteiger partial charge in [0.1, 0.15) is 0 Å². The molecule has 1 amide bonds. The van der Waals surface area contributed by atoms with Gasteiger partial charge in [-0.15, -0.1) is 0 Å². The number of ether oxygens (including phenoxy) is 1.